The molecule has 1 aromatic heterocycles. The zero-order valence-corrected chi connectivity index (χ0v) is 7.49. The number of rotatable bonds is 0. The highest BCUT2D eigenvalue weighted by molar-refractivity contribution is 5.43. The Balaban J connectivity index is 2.48. The number of aromatic nitrogens is 2. The van der Waals surface area contributed by atoms with Crippen LogP contribution in [-0.4, -0.2) is 23.1 Å². The van der Waals surface area contributed by atoms with Crippen molar-refractivity contribution in [2.45, 2.75) is 13.3 Å². The summed E-state index contributed by atoms with van der Waals surface area (Å²) in [4.78, 5) is 6.60. The third kappa shape index (κ3) is 1.11. The molecule has 1 aliphatic heterocycles. The molecule has 2 heterocycles. The molecule has 3 nitrogen and oxygen atoms in total. The molecular formula is C9H13N3. The fraction of sp³-hybridized carbons (Fsp3) is 0.444. The van der Waals surface area contributed by atoms with Crippen molar-refractivity contribution in [2.75, 3.05) is 18.5 Å². The van der Waals surface area contributed by atoms with Crippen molar-refractivity contribution in [2.24, 2.45) is 0 Å². The van der Waals surface area contributed by atoms with Gasteiger partial charge in [0, 0.05) is 26.0 Å². The fourth-order valence-electron chi connectivity index (χ4n) is 1.45. The molecule has 0 N–H and O–H groups in total. The molecule has 3 heteroatoms. The highest BCUT2D eigenvalue weighted by atomic mass is 15.3. The molecule has 0 atom stereocenters. The molecule has 0 saturated carbocycles. The normalized spacial score (nSPS) is 16.0. The maximum absolute atomic E-state index is 4.43. The van der Waals surface area contributed by atoms with Gasteiger partial charge >= 0.3 is 0 Å². The van der Waals surface area contributed by atoms with Crippen molar-refractivity contribution in [3.63, 3.8) is 0 Å². The van der Waals surface area contributed by atoms with Crippen molar-refractivity contribution in [3.8, 4) is 0 Å². The molecule has 0 spiro atoms. The van der Waals surface area contributed by atoms with Gasteiger partial charge in [-0.2, -0.15) is 0 Å². The smallest absolute Gasteiger partial charge is 0.209 e. The number of hydrogen-bond donors (Lipinski definition) is 0. The van der Waals surface area contributed by atoms with E-state index in [0.717, 1.165) is 24.6 Å². The lowest BCUT2D eigenvalue weighted by atomic mass is 10.4. The van der Waals surface area contributed by atoms with Crippen LogP contribution in [0.5, 0.6) is 0 Å². The fourth-order valence-corrected chi connectivity index (χ4v) is 1.45. The summed E-state index contributed by atoms with van der Waals surface area (Å²) in [6.07, 6.45) is 7.40. The van der Waals surface area contributed by atoms with E-state index in [0.29, 0.717) is 0 Å². The highest BCUT2D eigenvalue weighted by Crippen LogP contribution is 2.16. The molecular weight excluding hydrogens is 150 g/mol. The lowest BCUT2D eigenvalue weighted by molar-refractivity contribution is 0.866. The first kappa shape index (κ1) is 7.40. The van der Waals surface area contributed by atoms with Crippen molar-refractivity contribution in [1.29, 1.82) is 0 Å². The van der Waals surface area contributed by atoms with E-state index in [1.54, 1.807) is 0 Å². The van der Waals surface area contributed by atoms with E-state index in [1.165, 1.54) is 0 Å². The van der Waals surface area contributed by atoms with Crippen LogP contribution in [-0.2, 0) is 0 Å². The number of nitrogens with zero attached hydrogens (tertiary/aromatic N) is 3. The molecule has 1 aromatic rings. The van der Waals surface area contributed by atoms with Crippen LogP contribution in [0, 0.1) is 6.92 Å². The van der Waals surface area contributed by atoms with Crippen LogP contribution in [0.25, 0.3) is 6.20 Å². The van der Waals surface area contributed by atoms with Gasteiger partial charge in [-0.1, -0.05) is 6.08 Å². The summed E-state index contributed by atoms with van der Waals surface area (Å²) in [6.45, 7) is 3.07. The van der Waals surface area contributed by atoms with Crippen molar-refractivity contribution >= 4 is 12.1 Å². The van der Waals surface area contributed by atoms with Crippen LogP contribution in [0.4, 0.5) is 5.95 Å². The van der Waals surface area contributed by atoms with Gasteiger partial charge in [-0.05, 0) is 13.3 Å². The lowest BCUT2D eigenvalue weighted by Crippen LogP contribution is -2.19. The average Bonchev–Trinajstić information content (AvgIpc) is 2.33. The van der Waals surface area contributed by atoms with E-state index in [9.17, 15) is 0 Å². The van der Waals surface area contributed by atoms with Gasteiger partial charge < -0.3 is 4.90 Å². The number of aryl methyl sites for hydroxylation is 1. The van der Waals surface area contributed by atoms with Gasteiger partial charge in [0.25, 0.3) is 0 Å². The summed E-state index contributed by atoms with van der Waals surface area (Å²) >= 11 is 0. The zero-order chi connectivity index (χ0) is 8.55. The molecule has 0 fully saturated rings. The molecule has 2 rings (SSSR count). The Hall–Kier alpha value is -1.25. The van der Waals surface area contributed by atoms with Crippen LogP contribution in [0.15, 0.2) is 12.3 Å². The topological polar surface area (TPSA) is 21.1 Å². The molecule has 0 unspecified atom stereocenters. The third-order valence-electron chi connectivity index (χ3n) is 2.07. The zero-order valence-electron chi connectivity index (χ0n) is 7.49. The Morgan fingerprint density at radius 3 is 3.17 bits per heavy atom. The molecule has 0 saturated heterocycles. The Kier molecular flexibility index (Phi) is 1.64. The minimum Gasteiger partial charge on any atom is -0.345 e. The van der Waals surface area contributed by atoms with E-state index in [-0.39, 0.29) is 0 Å². The van der Waals surface area contributed by atoms with E-state index in [1.807, 2.05) is 13.1 Å². The van der Waals surface area contributed by atoms with Gasteiger partial charge in [-0.15, -0.1) is 0 Å². The quantitative estimate of drug-likeness (QED) is 0.578. The summed E-state index contributed by atoms with van der Waals surface area (Å²) in [5.41, 5.74) is 1.07. The lowest BCUT2D eigenvalue weighted by Gasteiger charge is -2.14. The van der Waals surface area contributed by atoms with Crippen LogP contribution in [0.3, 0.4) is 0 Å². The minimum absolute atomic E-state index is 1.04. The van der Waals surface area contributed by atoms with Crippen molar-refractivity contribution in [1.82, 2.24) is 9.55 Å². The van der Waals surface area contributed by atoms with Gasteiger partial charge in [-0.25, -0.2) is 4.98 Å². The van der Waals surface area contributed by atoms with Gasteiger partial charge in [0.2, 0.25) is 5.95 Å². The first-order valence-electron chi connectivity index (χ1n) is 4.20. The van der Waals surface area contributed by atoms with Gasteiger partial charge in [0.1, 0.15) is 0 Å². The second-order valence-electron chi connectivity index (χ2n) is 3.18. The van der Waals surface area contributed by atoms with Gasteiger partial charge in [0.05, 0.1) is 5.69 Å². The molecule has 1 aliphatic rings. The SMILES string of the molecule is Cc1cn2c(n1)N(C)CCC=C2. The predicted molar refractivity (Wildman–Crippen MR) is 50.2 cm³/mol. The molecule has 0 aliphatic carbocycles. The molecule has 0 amide bonds. The summed E-state index contributed by atoms with van der Waals surface area (Å²) in [7, 11) is 2.07. The summed E-state index contributed by atoms with van der Waals surface area (Å²) in [5.74, 6) is 1.04. The monoisotopic (exact) mass is 163 g/mol. The Bertz CT molecular complexity index is 312. The second kappa shape index (κ2) is 2.66. The summed E-state index contributed by atoms with van der Waals surface area (Å²) in [5, 5.41) is 0. The average molecular weight is 163 g/mol. The molecule has 0 aromatic carbocycles. The summed E-state index contributed by atoms with van der Waals surface area (Å²) in [6, 6.07) is 0. The predicted octanol–water partition coefficient (Wildman–Crippen LogP) is 1.50. The molecule has 12 heavy (non-hydrogen) atoms. The second-order valence-corrected chi connectivity index (χ2v) is 3.18. The molecule has 0 bridgehead atoms. The van der Waals surface area contributed by atoms with Crippen molar-refractivity contribution < 1.29 is 0 Å². The number of fused-ring (bicyclic) bond motifs is 1. The van der Waals surface area contributed by atoms with E-state index in [4.69, 9.17) is 0 Å². The summed E-state index contributed by atoms with van der Waals surface area (Å²) < 4.78 is 2.07. The van der Waals surface area contributed by atoms with Crippen molar-refractivity contribution in [3.05, 3.63) is 18.0 Å². The Morgan fingerprint density at radius 2 is 2.33 bits per heavy atom. The van der Waals surface area contributed by atoms with Crippen LogP contribution >= 0.6 is 0 Å². The third-order valence-corrected chi connectivity index (χ3v) is 2.07. The van der Waals surface area contributed by atoms with E-state index in [2.05, 4.69) is 33.8 Å². The first-order chi connectivity index (χ1) is 5.77. The molecule has 64 valence electrons. The maximum atomic E-state index is 4.43. The standard InChI is InChI=1S/C9H13N3/c1-8-7-12-6-4-3-5-11(2)9(12)10-8/h4,6-7H,3,5H2,1-2H3. The number of anilines is 1. The minimum atomic E-state index is 1.04. The van der Waals surface area contributed by atoms with Crippen LogP contribution in [0.1, 0.15) is 12.1 Å². The molecule has 0 radical (unpaired) electrons. The van der Waals surface area contributed by atoms with E-state index < -0.39 is 0 Å². The number of imidazole rings is 1. The van der Waals surface area contributed by atoms with Gasteiger partial charge in [-0.3, -0.25) is 4.57 Å². The highest BCUT2D eigenvalue weighted by Gasteiger charge is 2.09. The Labute approximate surface area is 72.3 Å². The first-order valence-corrected chi connectivity index (χ1v) is 4.20. The van der Waals surface area contributed by atoms with Crippen LogP contribution < -0.4 is 4.90 Å². The number of hydrogen-bond acceptors (Lipinski definition) is 2. The maximum Gasteiger partial charge on any atom is 0.209 e. The van der Waals surface area contributed by atoms with Gasteiger partial charge in [0.15, 0.2) is 0 Å². The largest absolute Gasteiger partial charge is 0.345 e. The van der Waals surface area contributed by atoms with Crippen LogP contribution in [0.2, 0.25) is 0 Å². The Morgan fingerprint density at radius 1 is 1.50 bits per heavy atom. The van der Waals surface area contributed by atoms with E-state index >= 15 is 0 Å².